The van der Waals surface area contributed by atoms with Crippen LogP contribution >= 0.6 is 0 Å². The van der Waals surface area contributed by atoms with E-state index in [1.165, 1.54) is 0 Å². The normalized spacial score (nSPS) is 10.2. The van der Waals surface area contributed by atoms with E-state index in [-0.39, 0.29) is 0 Å². The molecule has 5 heteroatoms. The van der Waals surface area contributed by atoms with Gasteiger partial charge < -0.3 is 9.53 Å². The van der Waals surface area contributed by atoms with E-state index in [2.05, 4.69) is 0 Å². The lowest BCUT2D eigenvalue weighted by atomic mass is 10.4. The summed E-state index contributed by atoms with van der Waals surface area (Å²) < 4.78 is 5.18. The van der Waals surface area contributed by atoms with Crippen molar-refractivity contribution in [3.8, 4) is 0 Å². The first kappa shape index (κ1) is 13.0. The van der Waals surface area contributed by atoms with E-state index in [1.54, 1.807) is 0 Å². The second kappa shape index (κ2) is 5.97. The van der Waals surface area contributed by atoms with Crippen LogP contribution in [0, 0.1) is 0 Å². The average molecular weight is 272 g/mol. The van der Waals surface area contributed by atoms with Gasteiger partial charge in [0.15, 0.2) is 0 Å². The first-order chi connectivity index (χ1) is 9.18. The molecule has 2 rings (SSSR count). The zero-order valence-electron chi connectivity index (χ0n) is 10.0. The molecule has 0 bridgehead atoms. The molecule has 96 valence electrons. The van der Waals surface area contributed by atoms with Crippen molar-refractivity contribution in [2.75, 3.05) is 0 Å². The minimum atomic E-state index is -2.29. The van der Waals surface area contributed by atoms with Gasteiger partial charge >= 0.3 is 21.0 Å². The number of hydrogen-bond acceptors (Lipinski definition) is 3. The molecule has 0 spiro atoms. The van der Waals surface area contributed by atoms with Crippen LogP contribution in [-0.4, -0.2) is 26.1 Å². The third-order valence-corrected chi connectivity index (χ3v) is 5.03. The summed E-state index contributed by atoms with van der Waals surface area (Å²) >= 11 is 0. The zero-order chi connectivity index (χ0) is 13.7. The highest BCUT2D eigenvalue weighted by Crippen LogP contribution is 1.95. The number of carbonyl (C=O) groups excluding carboxylic acids is 1. The Morgan fingerprint density at radius 3 is 1.63 bits per heavy atom. The lowest BCUT2D eigenvalue weighted by Crippen LogP contribution is -2.47. The van der Waals surface area contributed by atoms with Gasteiger partial charge in [0, 0.05) is 0 Å². The van der Waals surface area contributed by atoms with Gasteiger partial charge in [0.1, 0.15) is 0 Å². The fraction of sp³-hybridized carbons (Fsp3) is 0. The molecule has 0 amide bonds. The van der Waals surface area contributed by atoms with Crippen molar-refractivity contribution >= 4 is 31.4 Å². The minimum Gasteiger partial charge on any atom is -0.505 e. The minimum absolute atomic E-state index is 0.864. The standard InChI is InChI=1S/C14H12O4Si/c15-13(16)14(17)18-19(11-7-3-1-4-8-11)12-9-5-2-6-10-12/h1-10,19H,(H,15,16). The molecular weight excluding hydrogens is 260 g/mol. The van der Waals surface area contributed by atoms with Crippen LogP contribution in [0.1, 0.15) is 0 Å². The molecule has 2 aromatic carbocycles. The summed E-state index contributed by atoms with van der Waals surface area (Å²) in [6.07, 6.45) is 0. The maximum absolute atomic E-state index is 11.3. The van der Waals surface area contributed by atoms with Gasteiger partial charge in [0.25, 0.3) is 0 Å². The number of hydrogen-bond donors (Lipinski definition) is 1. The van der Waals surface area contributed by atoms with Gasteiger partial charge in [0.2, 0.25) is 0 Å². The number of rotatable bonds is 3. The Bertz CT molecular complexity index is 529. The van der Waals surface area contributed by atoms with Crippen LogP contribution < -0.4 is 10.4 Å². The van der Waals surface area contributed by atoms with Crippen LogP contribution in [0.2, 0.25) is 0 Å². The van der Waals surface area contributed by atoms with Gasteiger partial charge in [-0.25, -0.2) is 9.59 Å². The summed E-state index contributed by atoms with van der Waals surface area (Å²) in [6.45, 7) is 0. The molecule has 0 aliphatic rings. The maximum atomic E-state index is 11.3. The Hall–Kier alpha value is -2.40. The quantitative estimate of drug-likeness (QED) is 0.638. The topological polar surface area (TPSA) is 63.6 Å². The number of benzene rings is 2. The molecule has 0 aliphatic carbocycles. The maximum Gasteiger partial charge on any atom is 0.413 e. The monoisotopic (exact) mass is 272 g/mol. The lowest BCUT2D eigenvalue weighted by molar-refractivity contribution is -0.158. The highest BCUT2D eigenvalue weighted by Gasteiger charge is 2.25. The highest BCUT2D eigenvalue weighted by atomic mass is 28.3. The van der Waals surface area contributed by atoms with E-state index in [0.29, 0.717) is 0 Å². The molecule has 4 nitrogen and oxygen atoms in total. The number of carbonyl (C=O) groups is 2. The van der Waals surface area contributed by atoms with Crippen molar-refractivity contribution in [2.45, 2.75) is 0 Å². The molecule has 1 N–H and O–H groups in total. The summed E-state index contributed by atoms with van der Waals surface area (Å²) in [4.78, 5) is 22.0. The van der Waals surface area contributed by atoms with Crippen LogP contribution in [0.25, 0.3) is 0 Å². The Labute approximate surface area is 112 Å². The van der Waals surface area contributed by atoms with E-state index in [1.807, 2.05) is 60.7 Å². The molecule has 0 fully saturated rings. The van der Waals surface area contributed by atoms with Gasteiger partial charge in [-0.3, -0.25) is 0 Å². The lowest BCUT2D eigenvalue weighted by Gasteiger charge is -2.15. The van der Waals surface area contributed by atoms with E-state index >= 15 is 0 Å². The SMILES string of the molecule is O=C(O)C(=O)O[SiH](c1ccccc1)c1ccccc1. The summed E-state index contributed by atoms with van der Waals surface area (Å²) in [7, 11) is -2.29. The molecule has 0 heterocycles. The molecule has 0 radical (unpaired) electrons. The second-order valence-corrected chi connectivity index (χ2v) is 6.24. The second-order valence-electron chi connectivity index (χ2n) is 3.91. The summed E-state index contributed by atoms with van der Waals surface area (Å²) in [5.41, 5.74) is 0. The molecule has 19 heavy (non-hydrogen) atoms. The molecule has 0 aliphatic heterocycles. The predicted molar refractivity (Wildman–Crippen MR) is 73.0 cm³/mol. The molecule has 0 saturated carbocycles. The van der Waals surface area contributed by atoms with Gasteiger partial charge in [-0.1, -0.05) is 60.7 Å². The van der Waals surface area contributed by atoms with E-state index in [0.717, 1.165) is 10.4 Å². The predicted octanol–water partition coefficient (Wildman–Crippen LogP) is 0.152. The van der Waals surface area contributed by atoms with Crippen LogP contribution in [-0.2, 0) is 14.0 Å². The molecule has 0 aromatic heterocycles. The third kappa shape index (κ3) is 3.29. The Balaban J connectivity index is 2.34. The van der Waals surface area contributed by atoms with Gasteiger partial charge in [0.05, 0.1) is 0 Å². The average Bonchev–Trinajstić information content (AvgIpc) is 2.46. The molecule has 0 atom stereocenters. The third-order valence-electron chi connectivity index (χ3n) is 2.60. The van der Waals surface area contributed by atoms with Crippen molar-refractivity contribution in [2.24, 2.45) is 0 Å². The highest BCUT2D eigenvalue weighted by molar-refractivity contribution is 6.81. The fourth-order valence-corrected chi connectivity index (χ4v) is 3.86. The number of carboxylic acid groups (broad SMARTS) is 1. The van der Waals surface area contributed by atoms with E-state index in [4.69, 9.17) is 9.53 Å². The van der Waals surface area contributed by atoms with Crippen molar-refractivity contribution in [1.29, 1.82) is 0 Å². The van der Waals surface area contributed by atoms with E-state index in [9.17, 15) is 9.59 Å². The first-order valence-corrected chi connectivity index (χ1v) is 7.35. The van der Waals surface area contributed by atoms with Gasteiger partial charge in [-0.2, -0.15) is 0 Å². The number of aliphatic carboxylic acids is 1. The molecule has 0 unspecified atom stereocenters. The molecule has 0 saturated heterocycles. The smallest absolute Gasteiger partial charge is 0.413 e. The van der Waals surface area contributed by atoms with Crippen molar-refractivity contribution in [3.05, 3.63) is 60.7 Å². The zero-order valence-corrected chi connectivity index (χ0v) is 11.2. The van der Waals surface area contributed by atoms with Crippen molar-refractivity contribution in [3.63, 3.8) is 0 Å². The van der Waals surface area contributed by atoms with Crippen LogP contribution in [0.5, 0.6) is 0 Å². The Kier molecular flexibility index (Phi) is 4.10. The summed E-state index contributed by atoms with van der Waals surface area (Å²) in [5.74, 6) is -2.77. The Morgan fingerprint density at radius 2 is 1.26 bits per heavy atom. The van der Waals surface area contributed by atoms with Crippen LogP contribution in [0.15, 0.2) is 60.7 Å². The van der Waals surface area contributed by atoms with Gasteiger partial charge in [-0.15, -0.1) is 0 Å². The first-order valence-electron chi connectivity index (χ1n) is 5.72. The van der Waals surface area contributed by atoms with Gasteiger partial charge in [-0.05, 0) is 10.4 Å². The van der Waals surface area contributed by atoms with Crippen LogP contribution in [0.4, 0.5) is 0 Å². The summed E-state index contributed by atoms with van der Waals surface area (Å²) in [5, 5.41) is 10.4. The van der Waals surface area contributed by atoms with Crippen molar-refractivity contribution in [1.82, 2.24) is 0 Å². The number of carboxylic acids is 1. The van der Waals surface area contributed by atoms with Crippen LogP contribution in [0.3, 0.4) is 0 Å². The largest absolute Gasteiger partial charge is 0.505 e. The van der Waals surface area contributed by atoms with E-state index < -0.39 is 21.0 Å². The molecule has 2 aromatic rings. The fourth-order valence-electron chi connectivity index (χ4n) is 1.74. The molecular formula is C14H12O4Si. The Morgan fingerprint density at radius 1 is 0.842 bits per heavy atom. The summed E-state index contributed by atoms with van der Waals surface area (Å²) in [6, 6.07) is 18.5. The van der Waals surface area contributed by atoms with Crippen molar-refractivity contribution < 1.29 is 19.1 Å².